The Morgan fingerprint density at radius 2 is 2.62 bits per heavy atom. The lowest BCUT2D eigenvalue weighted by Crippen LogP contribution is -2.12. The Hall–Kier alpha value is -0.0200. The van der Waals surface area contributed by atoms with Crippen LogP contribution in [0.4, 0.5) is 0 Å². The third kappa shape index (κ3) is 1.23. The molecule has 0 amide bonds. The molecule has 8 heavy (non-hydrogen) atoms. The summed E-state index contributed by atoms with van der Waals surface area (Å²) in [6, 6.07) is 0. The van der Waals surface area contributed by atoms with Crippen molar-refractivity contribution in [3.63, 3.8) is 0 Å². The highest BCUT2D eigenvalue weighted by atomic mass is 79.9. The topological polar surface area (TPSA) is 15.6 Å². The van der Waals surface area contributed by atoms with Crippen LogP contribution in [-0.2, 0) is 0 Å². The van der Waals surface area contributed by atoms with E-state index in [2.05, 4.69) is 21.1 Å². The highest BCUT2D eigenvalue weighted by Gasteiger charge is 2.02. The molecule has 2 nitrogen and oxygen atoms in total. The molecule has 1 rings (SSSR count). The number of rotatable bonds is 0. The van der Waals surface area contributed by atoms with E-state index < -0.39 is 0 Å². The Labute approximate surface area is 61.2 Å². The van der Waals surface area contributed by atoms with Crippen LogP contribution < -0.4 is 0 Å². The minimum Gasteiger partial charge on any atom is -0.292 e. The molecule has 0 unspecified atom stereocenters. The zero-order valence-corrected chi connectivity index (χ0v) is 6.35. The van der Waals surface area contributed by atoms with E-state index in [-0.39, 0.29) is 0 Å². The zero-order chi connectivity index (χ0) is 5.98. The van der Waals surface area contributed by atoms with E-state index in [9.17, 15) is 0 Å². The van der Waals surface area contributed by atoms with E-state index in [1.165, 1.54) is 0 Å². The molecule has 0 saturated carbocycles. The summed E-state index contributed by atoms with van der Waals surface area (Å²) in [6.07, 6.45) is 3.35. The van der Waals surface area contributed by atoms with Gasteiger partial charge in [0.1, 0.15) is 5.16 Å². The highest BCUT2D eigenvalue weighted by Crippen LogP contribution is 2.15. The van der Waals surface area contributed by atoms with Gasteiger partial charge in [-0.15, -0.1) is 0 Å². The monoisotopic (exact) mass is 194 g/mol. The van der Waals surface area contributed by atoms with Gasteiger partial charge in [0.15, 0.2) is 0 Å². The Balaban J connectivity index is 2.66. The zero-order valence-electron chi connectivity index (χ0n) is 4.01. The number of hydrogen-bond acceptors (Lipinski definition) is 2. The molecule has 0 aliphatic carbocycles. The second kappa shape index (κ2) is 2.51. The van der Waals surface area contributed by atoms with Crippen LogP contribution >= 0.6 is 27.7 Å². The highest BCUT2D eigenvalue weighted by molar-refractivity contribution is 9.07. The lowest BCUT2D eigenvalue weighted by atomic mass is 10.6. The Bertz CT molecular complexity index is 143. The summed E-state index contributed by atoms with van der Waals surface area (Å²) in [5, 5.41) is 0.618. The molecule has 0 fully saturated rings. The smallest absolute Gasteiger partial charge is 0.133 e. The fourth-order valence-electron chi connectivity index (χ4n) is 0.383. The first-order chi connectivity index (χ1) is 3.80. The van der Waals surface area contributed by atoms with E-state index in [1.807, 2.05) is 0 Å². The third-order valence-electron chi connectivity index (χ3n) is 0.760. The molecule has 0 spiro atoms. The standard InChI is InChI=1S/C4H4BrClN2/c5-8-2-1-7-3-4(8)6/h1,3H,2H2. The molecular weight excluding hydrogens is 191 g/mol. The first-order valence-corrected chi connectivity index (χ1v) is 3.20. The first-order valence-electron chi connectivity index (χ1n) is 2.11. The van der Waals surface area contributed by atoms with Crippen molar-refractivity contribution in [1.29, 1.82) is 0 Å². The van der Waals surface area contributed by atoms with Gasteiger partial charge in [-0.25, -0.2) is 0 Å². The van der Waals surface area contributed by atoms with Gasteiger partial charge in [0.25, 0.3) is 0 Å². The van der Waals surface area contributed by atoms with E-state index >= 15 is 0 Å². The van der Waals surface area contributed by atoms with Crippen LogP contribution in [0.1, 0.15) is 0 Å². The molecule has 0 aromatic heterocycles. The summed E-state index contributed by atoms with van der Waals surface area (Å²) in [6.45, 7) is 0.731. The van der Waals surface area contributed by atoms with Gasteiger partial charge in [-0.1, -0.05) is 11.6 Å². The van der Waals surface area contributed by atoms with Crippen LogP contribution in [0.25, 0.3) is 0 Å². The minimum atomic E-state index is 0.618. The van der Waals surface area contributed by atoms with Crippen LogP contribution in [0, 0.1) is 0 Å². The predicted molar refractivity (Wildman–Crippen MR) is 38.1 cm³/mol. The second-order valence-electron chi connectivity index (χ2n) is 1.33. The maximum absolute atomic E-state index is 5.59. The van der Waals surface area contributed by atoms with E-state index in [0.717, 1.165) is 6.54 Å². The maximum atomic E-state index is 5.59. The van der Waals surface area contributed by atoms with Crippen molar-refractivity contribution in [2.24, 2.45) is 4.99 Å². The molecule has 0 N–H and O–H groups in total. The summed E-state index contributed by atoms with van der Waals surface area (Å²) in [4.78, 5) is 3.82. The number of aliphatic imine (C=N–C) groups is 1. The maximum Gasteiger partial charge on any atom is 0.133 e. The Morgan fingerprint density at radius 3 is 3.00 bits per heavy atom. The summed E-state index contributed by atoms with van der Waals surface area (Å²) in [7, 11) is 0. The van der Waals surface area contributed by atoms with E-state index in [4.69, 9.17) is 11.6 Å². The van der Waals surface area contributed by atoms with Crippen molar-refractivity contribution in [2.45, 2.75) is 0 Å². The number of hydrogen-bond donors (Lipinski definition) is 0. The molecule has 4 heteroatoms. The molecular formula is C4H4BrClN2. The summed E-state index contributed by atoms with van der Waals surface area (Å²) < 4.78 is 1.72. The Morgan fingerprint density at radius 1 is 1.88 bits per heavy atom. The predicted octanol–water partition coefficient (Wildman–Crippen LogP) is 1.72. The average molecular weight is 195 g/mol. The largest absolute Gasteiger partial charge is 0.292 e. The van der Waals surface area contributed by atoms with Crippen LogP contribution in [0.3, 0.4) is 0 Å². The van der Waals surface area contributed by atoms with Crippen LogP contribution in [0.15, 0.2) is 16.3 Å². The first kappa shape index (κ1) is 6.11. The normalized spacial score (nSPS) is 18.8. The van der Waals surface area contributed by atoms with Gasteiger partial charge < -0.3 is 0 Å². The van der Waals surface area contributed by atoms with Crippen LogP contribution in [0.2, 0.25) is 0 Å². The molecule has 0 radical (unpaired) electrons. The molecule has 1 aliphatic rings. The number of halogens is 2. The molecule has 0 atom stereocenters. The fraction of sp³-hybridized carbons (Fsp3) is 0.250. The van der Waals surface area contributed by atoms with E-state index in [1.54, 1.807) is 16.3 Å². The van der Waals surface area contributed by atoms with Crippen LogP contribution in [-0.4, -0.2) is 16.7 Å². The van der Waals surface area contributed by atoms with Gasteiger partial charge in [-0.2, -0.15) is 0 Å². The third-order valence-corrected chi connectivity index (χ3v) is 1.94. The summed E-state index contributed by atoms with van der Waals surface area (Å²) in [5.41, 5.74) is 0. The van der Waals surface area contributed by atoms with Crippen molar-refractivity contribution < 1.29 is 0 Å². The molecule has 1 aliphatic heterocycles. The van der Waals surface area contributed by atoms with Crippen molar-refractivity contribution in [2.75, 3.05) is 6.54 Å². The average Bonchev–Trinajstić information content (AvgIpc) is 1.77. The molecule has 0 bridgehead atoms. The minimum absolute atomic E-state index is 0.618. The van der Waals surface area contributed by atoms with Crippen molar-refractivity contribution in [3.05, 3.63) is 11.4 Å². The quantitative estimate of drug-likeness (QED) is 0.424. The van der Waals surface area contributed by atoms with Crippen molar-refractivity contribution >= 4 is 34.0 Å². The van der Waals surface area contributed by atoms with E-state index in [0.29, 0.717) is 5.16 Å². The molecule has 1 heterocycles. The van der Waals surface area contributed by atoms with Gasteiger partial charge in [-0.05, 0) is 0 Å². The molecule has 0 aromatic rings. The number of nitrogens with zero attached hydrogens (tertiary/aromatic N) is 2. The van der Waals surface area contributed by atoms with Crippen LogP contribution in [0.5, 0.6) is 0 Å². The van der Waals surface area contributed by atoms with Gasteiger partial charge in [0.2, 0.25) is 0 Å². The van der Waals surface area contributed by atoms with Gasteiger partial charge in [-0.3, -0.25) is 8.92 Å². The molecule has 0 saturated heterocycles. The lowest BCUT2D eigenvalue weighted by molar-refractivity contribution is 0.718. The summed E-state index contributed by atoms with van der Waals surface area (Å²) in [5.74, 6) is 0. The SMILES string of the molecule is ClC1=CN=CCN1Br. The van der Waals surface area contributed by atoms with Gasteiger partial charge >= 0.3 is 0 Å². The Kier molecular flexibility index (Phi) is 1.91. The fourth-order valence-corrected chi connectivity index (χ4v) is 0.729. The molecule has 0 aromatic carbocycles. The van der Waals surface area contributed by atoms with Crippen molar-refractivity contribution in [1.82, 2.24) is 3.93 Å². The van der Waals surface area contributed by atoms with Gasteiger partial charge in [0.05, 0.1) is 28.9 Å². The second-order valence-corrected chi connectivity index (χ2v) is 2.57. The summed E-state index contributed by atoms with van der Waals surface area (Å²) >= 11 is 8.79. The van der Waals surface area contributed by atoms with Crippen molar-refractivity contribution in [3.8, 4) is 0 Å². The lowest BCUT2D eigenvalue weighted by Gasteiger charge is -2.13. The van der Waals surface area contributed by atoms with Gasteiger partial charge in [0, 0.05) is 6.21 Å². The molecule has 44 valence electrons.